The average Bonchev–Trinajstić information content (AvgIpc) is 2.10. The summed E-state index contributed by atoms with van der Waals surface area (Å²) < 4.78 is 24.3. The van der Waals surface area contributed by atoms with Crippen LogP contribution in [0.2, 0.25) is 0 Å². The molecule has 0 amide bonds. The molecule has 0 aliphatic rings. The van der Waals surface area contributed by atoms with Crippen LogP contribution in [-0.2, 0) is 10.0 Å². The van der Waals surface area contributed by atoms with Crippen molar-refractivity contribution in [3.05, 3.63) is 12.7 Å². The molecule has 13 heavy (non-hydrogen) atoms. The minimum Gasteiger partial charge on any atom is -0.396 e. The van der Waals surface area contributed by atoms with Crippen molar-refractivity contribution in [1.82, 2.24) is 4.31 Å². The molecule has 0 fully saturated rings. The Morgan fingerprint density at radius 2 is 2.15 bits per heavy atom. The molecule has 4 nitrogen and oxygen atoms in total. The number of aliphatic hydroxyl groups is 1. The molecule has 0 radical (unpaired) electrons. The monoisotopic (exact) mass is 207 g/mol. The number of hydrogen-bond acceptors (Lipinski definition) is 3. The third-order valence-corrected chi connectivity index (χ3v) is 3.64. The van der Waals surface area contributed by atoms with Gasteiger partial charge in [-0.15, -0.1) is 6.58 Å². The lowest BCUT2D eigenvalue weighted by atomic mass is 10.5. The van der Waals surface area contributed by atoms with Gasteiger partial charge in [-0.3, -0.25) is 0 Å². The molecule has 0 spiro atoms. The normalized spacial score (nSPS) is 11.9. The topological polar surface area (TPSA) is 57.6 Å². The summed E-state index contributed by atoms with van der Waals surface area (Å²) in [5, 5.41) is 8.51. The van der Waals surface area contributed by atoms with Crippen molar-refractivity contribution in [3.63, 3.8) is 0 Å². The van der Waals surface area contributed by atoms with Gasteiger partial charge in [-0.1, -0.05) is 13.0 Å². The van der Waals surface area contributed by atoms with E-state index in [4.69, 9.17) is 5.11 Å². The first-order valence-electron chi connectivity index (χ1n) is 4.28. The lowest BCUT2D eigenvalue weighted by molar-refractivity contribution is 0.294. The fraction of sp³-hybridized carbons (Fsp3) is 0.750. The molecule has 1 N–H and O–H groups in total. The second-order valence-electron chi connectivity index (χ2n) is 2.63. The van der Waals surface area contributed by atoms with Gasteiger partial charge in [-0.05, 0) is 6.42 Å². The van der Waals surface area contributed by atoms with Gasteiger partial charge in [0.25, 0.3) is 0 Å². The summed E-state index contributed by atoms with van der Waals surface area (Å²) in [6.07, 6.45) is 1.84. The van der Waals surface area contributed by atoms with Crippen molar-refractivity contribution < 1.29 is 13.5 Å². The second kappa shape index (κ2) is 6.12. The number of aliphatic hydroxyl groups excluding tert-OH is 1. The van der Waals surface area contributed by atoms with Gasteiger partial charge in [0.15, 0.2) is 0 Å². The third kappa shape index (κ3) is 4.40. The molecule has 0 aromatic rings. The zero-order valence-corrected chi connectivity index (χ0v) is 8.76. The van der Waals surface area contributed by atoms with Crippen LogP contribution in [0.25, 0.3) is 0 Å². The molecule has 0 saturated heterocycles. The molecule has 0 heterocycles. The summed E-state index contributed by atoms with van der Waals surface area (Å²) >= 11 is 0. The van der Waals surface area contributed by atoms with E-state index in [0.717, 1.165) is 0 Å². The largest absolute Gasteiger partial charge is 0.396 e. The summed E-state index contributed by atoms with van der Waals surface area (Å²) in [5.41, 5.74) is 0. The van der Waals surface area contributed by atoms with Crippen molar-refractivity contribution >= 4 is 10.0 Å². The summed E-state index contributed by atoms with van der Waals surface area (Å²) in [6.45, 7) is 5.95. The predicted molar refractivity (Wildman–Crippen MR) is 52.9 cm³/mol. The molecule has 0 rings (SSSR count). The molecular weight excluding hydrogens is 190 g/mol. The molecule has 0 unspecified atom stereocenters. The Morgan fingerprint density at radius 3 is 2.54 bits per heavy atom. The van der Waals surface area contributed by atoms with Crippen LogP contribution in [0.4, 0.5) is 0 Å². The Hall–Kier alpha value is -0.390. The van der Waals surface area contributed by atoms with Gasteiger partial charge in [0.2, 0.25) is 10.0 Å². The first-order valence-corrected chi connectivity index (χ1v) is 5.89. The maximum absolute atomic E-state index is 11.5. The van der Waals surface area contributed by atoms with E-state index in [1.165, 1.54) is 4.31 Å². The Morgan fingerprint density at radius 1 is 1.54 bits per heavy atom. The first kappa shape index (κ1) is 12.6. The first-order chi connectivity index (χ1) is 6.08. The SMILES string of the molecule is C=CCN(CC)S(=O)(=O)CCCO. The van der Waals surface area contributed by atoms with Crippen LogP contribution >= 0.6 is 0 Å². The van der Waals surface area contributed by atoms with Gasteiger partial charge >= 0.3 is 0 Å². The highest BCUT2D eigenvalue weighted by Gasteiger charge is 2.17. The summed E-state index contributed by atoms with van der Waals surface area (Å²) in [7, 11) is -3.19. The van der Waals surface area contributed by atoms with E-state index in [1.807, 2.05) is 0 Å². The van der Waals surface area contributed by atoms with Crippen LogP contribution in [0, 0.1) is 0 Å². The van der Waals surface area contributed by atoms with Crippen molar-refractivity contribution in [2.45, 2.75) is 13.3 Å². The lowest BCUT2D eigenvalue weighted by Gasteiger charge is -2.17. The van der Waals surface area contributed by atoms with E-state index in [0.29, 0.717) is 13.1 Å². The van der Waals surface area contributed by atoms with Crippen molar-refractivity contribution in [3.8, 4) is 0 Å². The Labute approximate surface area is 79.9 Å². The number of hydrogen-bond donors (Lipinski definition) is 1. The number of rotatable bonds is 7. The van der Waals surface area contributed by atoms with Gasteiger partial charge in [0.05, 0.1) is 5.75 Å². The Balaban J connectivity index is 4.29. The zero-order valence-electron chi connectivity index (χ0n) is 7.94. The number of nitrogens with zero attached hydrogens (tertiary/aromatic N) is 1. The van der Waals surface area contributed by atoms with E-state index in [2.05, 4.69) is 6.58 Å². The molecule has 0 aromatic carbocycles. The standard InChI is InChI=1S/C8H17NO3S/c1-3-6-9(4-2)13(11,12)8-5-7-10/h3,10H,1,4-8H2,2H3. The molecule has 0 atom stereocenters. The van der Waals surface area contributed by atoms with E-state index >= 15 is 0 Å². The van der Waals surface area contributed by atoms with Crippen LogP contribution in [0.15, 0.2) is 12.7 Å². The summed E-state index contributed by atoms with van der Waals surface area (Å²) in [6, 6.07) is 0. The molecular formula is C8H17NO3S. The van der Waals surface area contributed by atoms with Crippen molar-refractivity contribution in [2.24, 2.45) is 0 Å². The van der Waals surface area contributed by atoms with E-state index in [-0.39, 0.29) is 18.8 Å². The molecule has 0 aromatic heterocycles. The molecule has 0 bridgehead atoms. The molecule has 78 valence electrons. The van der Waals surface area contributed by atoms with Crippen LogP contribution in [0.1, 0.15) is 13.3 Å². The Bertz CT molecular complexity index is 236. The maximum atomic E-state index is 11.5. The molecule has 0 aliphatic heterocycles. The second-order valence-corrected chi connectivity index (χ2v) is 4.72. The van der Waals surface area contributed by atoms with Gasteiger partial charge in [0.1, 0.15) is 0 Å². The predicted octanol–water partition coefficient (Wildman–Crippen LogP) is 0.207. The highest BCUT2D eigenvalue weighted by molar-refractivity contribution is 7.89. The number of sulfonamides is 1. The molecule has 5 heteroatoms. The van der Waals surface area contributed by atoms with Gasteiger partial charge in [-0.2, -0.15) is 4.31 Å². The molecule has 0 aliphatic carbocycles. The van der Waals surface area contributed by atoms with E-state index in [9.17, 15) is 8.42 Å². The quantitative estimate of drug-likeness (QED) is 0.607. The Kier molecular flexibility index (Phi) is 5.94. The third-order valence-electron chi connectivity index (χ3n) is 1.64. The molecule has 0 saturated carbocycles. The summed E-state index contributed by atoms with van der Waals surface area (Å²) in [5.74, 6) is 0.00514. The highest BCUT2D eigenvalue weighted by atomic mass is 32.2. The fourth-order valence-electron chi connectivity index (χ4n) is 0.959. The van der Waals surface area contributed by atoms with Crippen LogP contribution in [0.5, 0.6) is 0 Å². The minimum absolute atomic E-state index is 0.00514. The van der Waals surface area contributed by atoms with Gasteiger partial charge < -0.3 is 5.11 Å². The average molecular weight is 207 g/mol. The fourth-order valence-corrected chi connectivity index (χ4v) is 2.44. The zero-order chi connectivity index (χ0) is 10.3. The maximum Gasteiger partial charge on any atom is 0.214 e. The van der Waals surface area contributed by atoms with Crippen molar-refractivity contribution in [2.75, 3.05) is 25.4 Å². The van der Waals surface area contributed by atoms with E-state index in [1.54, 1.807) is 13.0 Å². The van der Waals surface area contributed by atoms with E-state index < -0.39 is 10.0 Å². The lowest BCUT2D eigenvalue weighted by Crippen LogP contribution is -2.33. The minimum atomic E-state index is -3.19. The van der Waals surface area contributed by atoms with Crippen molar-refractivity contribution in [1.29, 1.82) is 0 Å². The highest BCUT2D eigenvalue weighted by Crippen LogP contribution is 2.02. The van der Waals surface area contributed by atoms with Crippen LogP contribution < -0.4 is 0 Å². The smallest absolute Gasteiger partial charge is 0.214 e. The van der Waals surface area contributed by atoms with Gasteiger partial charge in [-0.25, -0.2) is 8.42 Å². The number of likely N-dealkylation sites (N-methyl/N-ethyl adjacent to an activating group) is 1. The van der Waals surface area contributed by atoms with Crippen LogP contribution in [-0.4, -0.2) is 43.3 Å². The van der Waals surface area contributed by atoms with Crippen LogP contribution in [0.3, 0.4) is 0 Å². The van der Waals surface area contributed by atoms with Gasteiger partial charge in [0, 0.05) is 19.7 Å². The summed E-state index contributed by atoms with van der Waals surface area (Å²) in [4.78, 5) is 0.